The second kappa shape index (κ2) is 6.92. The van der Waals surface area contributed by atoms with Gasteiger partial charge in [0.15, 0.2) is 5.76 Å². The molecule has 1 aromatic heterocycles. The standard InChI is InChI=1S/C21H20FNO3/c1-13-18-10-16(22)7-8-19(18)26-20(13)21(24)23-17-4-2-3-15(9-17)12-25-11-14-5-6-14/h2-4,7-10,14H,5-6,11-12H2,1H3,(H,23,24). The van der Waals surface area contributed by atoms with Gasteiger partial charge >= 0.3 is 0 Å². The second-order valence-electron chi connectivity index (χ2n) is 6.81. The van der Waals surface area contributed by atoms with Crippen LogP contribution in [0, 0.1) is 18.7 Å². The van der Waals surface area contributed by atoms with Crippen molar-refractivity contribution in [2.75, 3.05) is 11.9 Å². The molecule has 4 nitrogen and oxygen atoms in total. The Morgan fingerprint density at radius 1 is 1.27 bits per heavy atom. The van der Waals surface area contributed by atoms with Crippen LogP contribution in [0.25, 0.3) is 11.0 Å². The molecule has 3 aromatic rings. The topological polar surface area (TPSA) is 51.5 Å². The summed E-state index contributed by atoms with van der Waals surface area (Å²) in [5.41, 5.74) is 2.80. The molecule has 0 spiro atoms. The number of benzene rings is 2. The smallest absolute Gasteiger partial charge is 0.291 e. The average Bonchev–Trinajstić information content (AvgIpc) is 3.39. The maximum absolute atomic E-state index is 13.4. The van der Waals surface area contributed by atoms with E-state index in [2.05, 4.69) is 5.32 Å². The zero-order valence-corrected chi connectivity index (χ0v) is 14.5. The highest BCUT2D eigenvalue weighted by molar-refractivity contribution is 6.06. The van der Waals surface area contributed by atoms with E-state index in [0.29, 0.717) is 28.8 Å². The first-order chi connectivity index (χ1) is 12.6. The number of amides is 1. The van der Waals surface area contributed by atoms with Crippen LogP contribution in [0.5, 0.6) is 0 Å². The third kappa shape index (κ3) is 3.63. The van der Waals surface area contributed by atoms with Crippen molar-refractivity contribution < 1.29 is 18.3 Å². The molecule has 0 aliphatic heterocycles. The largest absolute Gasteiger partial charge is 0.451 e. The minimum absolute atomic E-state index is 0.195. The minimum atomic E-state index is -0.354. The lowest BCUT2D eigenvalue weighted by Crippen LogP contribution is -2.12. The maximum Gasteiger partial charge on any atom is 0.291 e. The van der Waals surface area contributed by atoms with E-state index in [1.807, 2.05) is 24.3 Å². The highest BCUT2D eigenvalue weighted by Gasteiger charge is 2.21. The van der Waals surface area contributed by atoms with E-state index in [4.69, 9.17) is 9.15 Å². The predicted octanol–water partition coefficient (Wildman–Crippen LogP) is 5.06. The van der Waals surface area contributed by atoms with Gasteiger partial charge in [-0.2, -0.15) is 0 Å². The Hall–Kier alpha value is -2.66. The quantitative estimate of drug-likeness (QED) is 0.674. The first-order valence-electron chi connectivity index (χ1n) is 8.77. The van der Waals surface area contributed by atoms with E-state index < -0.39 is 0 Å². The molecule has 1 aliphatic carbocycles. The van der Waals surface area contributed by atoms with Crippen molar-refractivity contribution in [1.29, 1.82) is 0 Å². The van der Waals surface area contributed by atoms with Gasteiger partial charge in [0.05, 0.1) is 6.61 Å². The molecular formula is C21H20FNO3. The number of halogens is 1. The number of fused-ring (bicyclic) bond motifs is 1. The second-order valence-corrected chi connectivity index (χ2v) is 6.81. The molecule has 0 radical (unpaired) electrons. The Bertz CT molecular complexity index is 959. The number of ether oxygens (including phenoxy) is 1. The van der Waals surface area contributed by atoms with Crippen LogP contribution in [0.4, 0.5) is 10.1 Å². The van der Waals surface area contributed by atoms with Gasteiger partial charge in [-0.3, -0.25) is 4.79 Å². The van der Waals surface area contributed by atoms with Crippen LogP contribution in [0.3, 0.4) is 0 Å². The molecule has 1 amide bonds. The van der Waals surface area contributed by atoms with Gasteiger partial charge in [-0.25, -0.2) is 4.39 Å². The zero-order valence-electron chi connectivity index (χ0n) is 14.5. The van der Waals surface area contributed by atoms with Crippen molar-refractivity contribution in [2.24, 2.45) is 5.92 Å². The SMILES string of the molecule is Cc1c(C(=O)Nc2cccc(COCC3CC3)c2)oc2ccc(F)cc12. The molecule has 1 saturated carbocycles. The van der Waals surface area contributed by atoms with Gasteiger partial charge in [0, 0.05) is 23.2 Å². The molecule has 0 unspecified atom stereocenters. The Morgan fingerprint density at radius 3 is 2.92 bits per heavy atom. The number of aryl methyl sites for hydroxylation is 1. The number of nitrogens with one attached hydrogen (secondary N) is 1. The summed E-state index contributed by atoms with van der Waals surface area (Å²) in [4.78, 5) is 12.6. The van der Waals surface area contributed by atoms with Crippen LogP contribution in [0.1, 0.15) is 34.5 Å². The summed E-state index contributed by atoms with van der Waals surface area (Å²) in [6, 6.07) is 11.8. The van der Waals surface area contributed by atoms with Gasteiger partial charge in [-0.1, -0.05) is 12.1 Å². The van der Waals surface area contributed by atoms with E-state index in [9.17, 15) is 9.18 Å². The lowest BCUT2D eigenvalue weighted by molar-refractivity contribution is 0.0997. The highest BCUT2D eigenvalue weighted by Crippen LogP contribution is 2.29. The minimum Gasteiger partial charge on any atom is -0.451 e. The Labute approximate surface area is 151 Å². The van der Waals surface area contributed by atoms with Crippen molar-refractivity contribution in [1.82, 2.24) is 0 Å². The van der Waals surface area contributed by atoms with E-state index >= 15 is 0 Å². The number of carbonyl (C=O) groups excluding carboxylic acids is 1. The average molecular weight is 353 g/mol. The molecule has 4 rings (SSSR count). The molecular weight excluding hydrogens is 333 g/mol. The molecule has 134 valence electrons. The van der Waals surface area contributed by atoms with Gasteiger partial charge in [-0.15, -0.1) is 0 Å². The number of carbonyl (C=O) groups is 1. The fourth-order valence-corrected chi connectivity index (χ4v) is 2.96. The Kier molecular flexibility index (Phi) is 4.47. The van der Waals surface area contributed by atoms with Crippen molar-refractivity contribution in [3.05, 3.63) is 65.2 Å². The summed E-state index contributed by atoms with van der Waals surface area (Å²) in [5.74, 6) is 0.210. The third-order valence-corrected chi connectivity index (χ3v) is 4.61. The number of furan rings is 1. The Balaban J connectivity index is 1.48. The van der Waals surface area contributed by atoms with E-state index in [-0.39, 0.29) is 17.5 Å². The van der Waals surface area contributed by atoms with Crippen molar-refractivity contribution >= 4 is 22.6 Å². The summed E-state index contributed by atoms with van der Waals surface area (Å²) in [5, 5.41) is 3.45. The molecule has 1 N–H and O–H groups in total. The fourth-order valence-electron chi connectivity index (χ4n) is 2.96. The van der Waals surface area contributed by atoms with Crippen LogP contribution in [0.2, 0.25) is 0 Å². The predicted molar refractivity (Wildman–Crippen MR) is 97.7 cm³/mol. The van der Waals surface area contributed by atoms with Crippen LogP contribution < -0.4 is 5.32 Å². The molecule has 1 fully saturated rings. The molecule has 26 heavy (non-hydrogen) atoms. The van der Waals surface area contributed by atoms with Crippen molar-refractivity contribution in [3.8, 4) is 0 Å². The van der Waals surface area contributed by atoms with Gasteiger partial charge in [0.25, 0.3) is 5.91 Å². The Morgan fingerprint density at radius 2 is 2.12 bits per heavy atom. The summed E-state index contributed by atoms with van der Waals surface area (Å²) in [6.45, 7) is 3.08. The van der Waals surface area contributed by atoms with Gasteiger partial charge in [0.2, 0.25) is 0 Å². The van der Waals surface area contributed by atoms with E-state index in [0.717, 1.165) is 18.1 Å². The van der Waals surface area contributed by atoms with Crippen molar-refractivity contribution in [3.63, 3.8) is 0 Å². The molecule has 2 aromatic carbocycles. The number of rotatable bonds is 6. The first kappa shape index (κ1) is 16.8. The molecule has 1 aliphatic rings. The monoisotopic (exact) mass is 353 g/mol. The molecule has 0 saturated heterocycles. The van der Waals surface area contributed by atoms with Gasteiger partial charge < -0.3 is 14.5 Å². The maximum atomic E-state index is 13.4. The van der Waals surface area contributed by atoms with Crippen LogP contribution in [-0.4, -0.2) is 12.5 Å². The molecule has 0 bridgehead atoms. The number of hydrogen-bond donors (Lipinski definition) is 1. The summed E-state index contributed by atoms with van der Waals surface area (Å²) in [7, 11) is 0. The van der Waals surface area contributed by atoms with Crippen LogP contribution in [-0.2, 0) is 11.3 Å². The summed E-state index contributed by atoms with van der Waals surface area (Å²) in [6.07, 6.45) is 2.52. The van der Waals surface area contributed by atoms with Gasteiger partial charge in [-0.05, 0) is 61.6 Å². The van der Waals surface area contributed by atoms with E-state index in [1.165, 1.54) is 31.0 Å². The number of anilines is 1. The molecule has 5 heteroatoms. The molecule has 1 heterocycles. The fraction of sp³-hybridized carbons (Fsp3) is 0.286. The summed E-state index contributed by atoms with van der Waals surface area (Å²) < 4.78 is 24.7. The lowest BCUT2D eigenvalue weighted by atomic mass is 10.1. The highest BCUT2D eigenvalue weighted by atomic mass is 19.1. The van der Waals surface area contributed by atoms with Crippen molar-refractivity contribution in [2.45, 2.75) is 26.4 Å². The summed E-state index contributed by atoms with van der Waals surface area (Å²) >= 11 is 0. The van der Waals surface area contributed by atoms with E-state index in [1.54, 1.807) is 6.92 Å². The zero-order chi connectivity index (χ0) is 18.1. The lowest BCUT2D eigenvalue weighted by Gasteiger charge is -2.07. The van der Waals surface area contributed by atoms with Gasteiger partial charge in [0.1, 0.15) is 11.4 Å². The number of hydrogen-bond acceptors (Lipinski definition) is 3. The first-order valence-corrected chi connectivity index (χ1v) is 8.77. The van der Waals surface area contributed by atoms with Crippen LogP contribution >= 0.6 is 0 Å². The third-order valence-electron chi connectivity index (χ3n) is 4.61. The normalized spacial score (nSPS) is 13.9. The van der Waals surface area contributed by atoms with Crippen LogP contribution in [0.15, 0.2) is 46.9 Å². The molecule has 0 atom stereocenters.